The second-order valence-electron chi connectivity index (χ2n) is 9.95. The molecule has 10 nitrogen and oxygen atoms in total. The van der Waals surface area contributed by atoms with Crippen LogP contribution in [0.2, 0.25) is 0 Å². The number of hydrogen-bond acceptors (Lipinski definition) is 8. The predicted octanol–water partition coefficient (Wildman–Crippen LogP) is 2.86. The summed E-state index contributed by atoms with van der Waals surface area (Å²) in [6.07, 6.45) is 5.48. The van der Waals surface area contributed by atoms with Crippen molar-refractivity contribution < 1.29 is 9.53 Å². The Kier molecular flexibility index (Phi) is 7.00. The number of anilines is 2. The van der Waals surface area contributed by atoms with Crippen LogP contribution in [0.3, 0.4) is 0 Å². The molecule has 2 saturated heterocycles. The number of likely N-dealkylation sites (N-methyl/N-ethyl adjacent to an activating group) is 1. The second kappa shape index (κ2) is 10.9. The molecule has 1 aromatic carbocycles. The van der Waals surface area contributed by atoms with Gasteiger partial charge in [0.25, 0.3) is 5.91 Å². The van der Waals surface area contributed by atoms with Crippen molar-refractivity contribution in [1.29, 1.82) is 0 Å². The van der Waals surface area contributed by atoms with Crippen LogP contribution >= 0.6 is 0 Å². The Morgan fingerprint density at radius 1 is 0.974 bits per heavy atom. The normalized spacial score (nSPS) is 17.1. The zero-order valence-electron chi connectivity index (χ0n) is 21.6. The summed E-state index contributed by atoms with van der Waals surface area (Å²) in [6, 6.07) is 12.0. The number of nitrogens with one attached hydrogen (secondary N) is 2. The molecule has 0 bridgehead atoms. The summed E-state index contributed by atoms with van der Waals surface area (Å²) in [5, 5.41) is 11.0. The van der Waals surface area contributed by atoms with Gasteiger partial charge in [-0.15, -0.1) is 0 Å². The highest BCUT2D eigenvalue weighted by atomic mass is 16.5. The fourth-order valence-corrected chi connectivity index (χ4v) is 4.99. The SMILES string of the molecule is CN1CCN(c2ccc(NC(=O)c3n[nH]c4ccc(-c5cncc(CN6CCOCC6)c5)cc34)cn2)CC1. The molecule has 0 spiro atoms. The molecule has 38 heavy (non-hydrogen) atoms. The van der Waals surface area contributed by atoms with Crippen molar-refractivity contribution in [3.05, 3.63) is 66.2 Å². The number of carbonyl (C=O) groups is 1. The first-order valence-corrected chi connectivity index (χ1v) is 13.1. The summed E-state index contributed by atoms with van der Waals surface area (Å²) in [5.41, 5.74) is 4.95. The number of amides is 1. The number of ether oxygens (including phenoxy) is 1. The number of rotatable bonds is 6. The number of aromatic nitrogens is 4. The summed E-state index contributed by atoms with van der Waals surface area (Å²) in [6.45, 7) is 8.16. The molecule has 10 heteroatoms. The standard InChI is InChI=1S/C28H32N8O2/c1-34-6-8-36(9-7-34)26-5-3-23(18-30-26)31-28(37)27-24-15-21(2-4-25(24)32-33-27)22-14-20(16-29-17-22)19-35-10-12-38-13-11-35/h2-5,14-18H,6-13,19H2,1H3,(H,31,37)(H,32,33). The van der Waals surface area contributed by atoms with E-state index in [0.29, 0.717) is 11.4 Å². The molecule has 0 radical (unpaired) electrons. The summed E-state index contributed by atoms with van der Waals surface area (Å²) in [7, 11) is 2.13. The molecule has 0 unspecified atom stereocenters. The number of fused-ring (bicyclic) bond motifs is 1. The van der Waals surface area contributed by atoms with Gasteiger partial charge in [0.15, 0.2) is 5.69 Å². The van der Waals surface area contributed by atoms with Crippen LogP contribution in [-0.2, 0) is 11.3 Å². The molecule has 2 N–H and O–H groups in total. The van der Waals surface area contributed by atoms with E-state index < -0.39 is 0 Å². The zero-order chi connectivity index (χ0) is 25.9. The Bertz CT molecular complexity index is 1410. The number of piperazine rings is 1. The van der Waals surface area contributed by atoms with Crippen molar-refractivity contribution in [2.45, 2.75) is 6.54 Å². The number of aromatic amines is 1. The van der Waals surface area contributed by atoms with Gasteiger partial charge >= 0.3 is 0 Å². The quantitative estimate of drug-likeness (QED) is 0.407. The number of nitrogens with zero attached hydrogens (tertiary/aromatic N) is 6. The van der Waals surface area contributed by atoms with Crippen molar-refractivity contribution in [2.24, 2.45) is 0 Å². The predicted molar refractivity (Wildman–Crippen MR) is 147 cm³/mol. The molecule has 0 saturated carbocycles. The van der Waals surface area contributed by atoms with Gasteiger partial charge in [0.2, 0.25) is 0 Å². The lowest BCUT2D eigenvalue weighted by Crippen LogP contribution is -2.44. The minimum absolute atomic E-state index is 0.276. The Labute approximate surface area is 221 Å². The van der Waals surface area contributed by atoms with Crippen molar-refractivity contribution in [3.8, 4) is 11.1 Å². The van der Waals surface area contributed by atoms with Gasteiger partial charge in [0.1, 0.15) is 5.82 Å². The van der Waals surface area contributed by atoms with Crippen LogP contribution < -0.4 is 10.2 Å². The molecular formula is C28H32N8O2. The van der Waals surface area contributed by atoms with Crippen LogP contribution in [0.25, 0.3) is 22.0 Å². The van der Waals surface area contributed by atoms with Crippen LogP contribution in [0.4, 0.5) is 11.5 Å². The summed E-state index contributed by atoms with van der Waals surface area (Å²) in [4.78, 5) is 29.2. The third-order valence-corrected chi connectivity index (χ3v) is 7.25. The van der Waals surface area contributed by atoms with Gasteiger partial charge in [0.05, 0.1) is 30.6 Å². The highest BCUT2D eigenvalue weighted by Gasteiger charge is 2.18. The number of morpholine rings is 1. The average molecular weight is 513 g/mol. The first-order chi connectivity index (χ1) is 18.6. The van der Waals surface area contributed by atoms with Gasteiger partial charge in [-0.05, 0) is 48.5 Å². The first-order valence-electron chi connectivity index (χ1n) is 13.1. The van der Waals surface area contributed by atoms with Crippen LogP contribution in [-0.4, -0.2) is 95.4 Å². The number of benzene rings is 1. The molecule has 0 atom stereocenters. The van der Waals surface area contributed by atoms with E-state index in [9.17, 15) is 4.79 Å². The molecule has 4 aromatic rings. The number of hydrogen-bond donors (Lipinski definition) is 2. The minimum Gasteiger partial charge on any atom is -0.379 e. The van der Waals surface area contributed by atoms with Gasteiger partial charge in [-0.25, -0.2) is 4.98 Å². The largest absolute Gasteiger partial charge is 0.379 e. The summed E-state index contributed by atoms with van der Waals surface area (Å²) < 4.78 is 5.46. The van der Waals surface area contributed by atoms with E-state index in [-0.39, 0.29) is 5.91 Å². The molecular weight excluding hydrogens is 480 g/mol. The lowest BCUT2D eigenvalue weighted by molar-refractivity contribution is 0.0341. The fourth-order valence-electron chi connectivity index (χ4n) is 4.99. The van der Waals surface area contributed by atoms with Gasteiger partial charge in [-0.3, -0.25) is 19.8 Å². The van der Waals surface area contributed by atoms with E-state index >= 15 is 0 Å². The zero-order valence-corrected chi connectivity index (χ0v) is 21.6. The number of pyridine rings is 2. The highest BCUT2D eigenvalue weighted by molar-refractivity contribution is 6.11. The third kappa shape index (κ3) is 5.38. The Hall–Kier alpha value is -3.86. The van der Waals surface area contributed by atoms with Crippen molar-refractivity contribution in [1.82, 2.24) is 30.0 Å². The lowest BCUT2D eigenvalue weighted by atomic mass is 10.0. The maximum atomic E-state index is 13.2. The molecule has 0 aliphatic carbocycles. The van der Waals surface area contributed by atoms with Crippen LogP contribution in [0.15, 0.2) is 55.0 Å². The maximum absolute atomic E-state index is 13.2. The third-order valence-electron chi connectivity index (χ3n) is 7.25. The molecule has 2 fully saturated rings. The van der Waals surface area contributed by atoms with E-state index in [4.69, 9.17) is 4.74 Å². The number of carbonyl (C=O) groups excluding carboxylic acids is 1. The van der Waals surface area contributed by atoms with Gasteiger partial charge in [-0.2, -0.15) is 5.10 Å². The van der Waals surface area contributed by atoms with Gasteiger partial charge in [-0.1, -0.05) is 6.07 Å². The lowest BCUT2D eigenvalue weighted by Gasteiger charge is -2.33. The first kappa shape index (κ1) is 24.5. The molecule has 3 aromatic heterocycles. The fraction of sp³-hybridized carbons (Fsp3) is 0.357. The Morgan fingerprint density at radius 3 is 2.61 bits per heavy atom. The number of H-pyrrole nitrogens is 1. The molecule has 2 aliphatic heterocycles. The van der Waals surface area contributed by atoms with E-state index in [2.05, 4.69) is 53.3 Å². The molecule has 1 amide bonds. The molecule has 196 valence electrons. The minimum atomic E-state index is -0.276. The Balaban J connectivity index is 1.17. The monoisotopic (exact) mass is 512 g/mol. The molecule has 2 aliphatic rings. The van der Waals surface area contributed by atoms with Crippen LogP contribution in [0, 0.1) is 0 Å². The highest BCUT2D eigenvalue weighted by Crippen LogP contribution is 2.27. The maximum Gasteiger partial charge on any atom is 0.276 e. The van der Waals surface area contributed by atoms with E-state index in [1.165, 1.54) is 0 Å². The van der Waals surface area contributed by atoms with Gasteiger partial charge in [0, 0.05) is 69.2 Å². The molecule has 6 rings (SSSR count). The van der Waals surface area contributed by atoms with Crippen LogP contribution in [0.1, 0.15) is 16.1 Å². The van der Waals surface area contributed by atoms with Gasteiger partial charge < -0.3 is 19.9 Å². The van der Waals surface area contributed by atoms with Crippen molar-refractivity contribution in [2.75, 3.05) is 69.7 Å². The Morgan fingerprint density at radius 2 is 1.82 bits per heavy atom. The summed E-state index contributed by atoms with van der Waals surface area (Å²) >= 11 is 0. The van der Waals surface area contributed by atoms with Crippen molar-refractivity contribution >= 4 is 28.3 Å². The second-order valence-corrected chi connectivity index (χ2v) is 9.95. The van der Waals surface area contributed by atoms with E-state index in [1.807, 2.05) is 42.7 Å². The van der Waals surface area contributed by atoms with Crippen molar-refractivity contribution in [3.63, 3.8) is 0 Å². The average Bonchev–Trinajstić information content (AvgIpc) is 3.38. The van der Waals surface area contributed by atoms with E-state index in [1.54, 1.807) is 6.20 Å². The topological polar surface area (TPSA) is 103 Å². The van der Waals surface area contributed by atoms with E-state index in [0.717, 1.165) is 92.4 Å². The summed E-state index contributed by atoms with van der Waals surface area (Å²) in [5.74, 6) is 0.650. The molecule has 5 heterocycles. The smallest absolute Gasteiger partial charge is 0.276 e. The van der Waals surface area contributed by atoms with Crippen LogP contribution in [0.5, 0.6) is 0 Å².